The lowest BCUT2D eigenvalue weighted by atomic mass is 10.1. The first kappa shape index (κ1) is 19.3. The zero-order chi connectivity index (χ0) is 19.9. The number of phenols is 1. The number of benzene rings is 2. The molecule has 1 heterocycles. The van der Waals surface area contributed by atoms with Crippen LogP contribution in [0.25, 0.3) is 6.08 Å². The summed E-state index contributed by atoms with van der Waals surface area (Å²) in [5, 5.41) is 9.61. The number of allylic oxidation sites excluding steroid dienone is 1. The second-order valence-electron chi connectivity index (χ2n) is 6.17. The Balaban J connectivity index is 1.59. The van der Waals surface area contributed by atoms with Gasteiger partial charge in [-0.05, 0) is 66.6 Å². The molecule has 0 atom stereocenters. The number of rotatable bonds is 8. The van der Waals surface area contributed by atoms with Crippen LogP contribution < -0.4 is 9.47 Å². The number of phenolic OH excluding ortho intramolecular Hbond substituents is 1. The summed E-state index contributed by atoms with van der Waals surface area (Å²) in [4.78, 5) is 12.3. The number of hydrogen-bond acceptors (Lipinski definition) is 5. The highest BCUT2D eigenvalue weighted by molar-refractivity contribution is 6.07. The van der Waals surface area contributed by atoms with Gasteiger partial charge >= 0.3 is 0 Å². The van der Waals surface area contributed by atoms with E-state index in [-0.39, 0.29) is 17.3 Å². The Morgan fingerprint density at radius 2 is 1.89 bits per heavy atom. The van der Waals surface area contributed by atoms with Crippen LogP contribution in [0.3, 0.4) is 0 Å². The Bertz CT molecular complexity index is 967. The predicted molar refractivity (Wildman–Crippen MR) is 107 cm³/mol. The number of methoxy groups -OCH3 is 1. The average molecular weight is 378 g/mol. The van der Waals surface area contributed by atoms with Crippen LogP contribution in [0.4, 0.5) is 0 Å². The summed E-state index contributed by atoms with van der Waals surface area (Å²) in [6.45, 7) is 2.42. The summed E-state index contributed by atoms with van der Waals surface area (Å²) >= 11 is 0. The van der Waals surface area contributed by atoms with Crippen molar-refractivity contribution in [3.8, 4) is 17.2 Å². The van der Waals surface area contributed by atoms with E-state index < -0.39 is 0 Å². The Morgan fingerprint density at radius 1 is 1.11 bits per heavy atom. The van der Waals surface area contributed by atoms with E-state index in [2.05, 4.69) is 6.92 Å². The van der Waals surface area contributed by atoms with Crippen molar-refractivity contribution in [3.63, 3.8) is 0 Å². The summed E-state index contributed by atoms with van der Waals surface area (Å²) in [6.07, 6.45) is 4.00. The van der Waals surface area contributed by atoms with Crippen molar-refractivity contribution in [1.29, 1.82) is 0 Å². The lowest BCUT2D eigenvalue weighted by molar-refractivity contribution is 0.104. The van der Waals surface area contributed by atoms with Gasteiger partial charge in [-0.1, -0.05) is 19.1 Å². The molecule has 5 nitrogen and oxygen atoms in total. The van der Waals surface area contributed by atoms with Gasteiger partial charge in [0.15, 0.2) is 17.3 Å². The van der Waals surface area contributed by atoms with Crippen LogP contribution in [-0.2, 0) is 13.0 Å². The molecule has 5 heteroatoms. The molecule has 1 aromatic heterocycles. The van der Waals surface area contributed by atoms with Gasteiger partial charge < -0.3 is 19.0 Å². The monoisotopic (exact) mass is 378 g/mol. The fourth-order valence-electron chi connectivity index (χ4n) is 2.62. The molecule has 0 aliphatic rings. The maximum Gasteiger partial charge on any atom is 0.186 e. The molecule has 0 aliphatic heterocycles. The van der Waals surface area contributed by atoms with Crippen molar-refractivity contribution in [1.82, 2.24) is 0 Å². The van der Waals surface area contributed by atoms with E-state index >= 15 is 0 Å². The van der Waals surface area contributed by atoms with Crippen LogP contribution in [0.1, 0.15) is 34.4 Å². The Morgan fingerprint density at radius 3 is 2.61 bits per heavy atom. The van der Waals surface area contributed by atoms with Gasteiger partial charge in [-0.25, -0.2) is 0 Å². The van der Waals surface area contributed by atoms with Gasteiger partial charge in [0.25, 0.3) is 0 Å². The molecular formula is C23H22O5. The fourth-order valence-corrected chi connectivity index (χ4v) is 2.62. The minimum absolute atomic E-state index is 0.0111. The molecule has 3 rings (SSSR count). The number of furan rings is 1. The highest BCUT2D eigenvalue weighted by atomic mass is 16.5. The summed E-state index contributed by atoms with van der Waals surface area (Å²) < 4.78 is 16.4. The van der Waals surface area contributed by atoms with Gasteiger partial charge in [0, 0.05) is 5.56 Å². The molecule has 3 aromatic rings. The minimum Gasteiger partial charge on any atom is -0.504 e. The van der Waals surface area contributed by atoms with Crippen LogP contribution in [0, 0.1) is 0 Å². The van der Waals surface area contributed by atoms with Gasteiger partial charge in [-0.2, -0.15) is 0 Å². The number of aryl methyl sites for hydroxylation is 1. The lowest BCUT2D eigenvalue weighted by Crippen LogP contribution is -1.95. The van der Waals surface area contributed by atoms with E-state index in [4.69, 9.17) is 13.9 Å². The first-order valence-corrected chi connectivity index (χ1v) is 8.99. The largest absolute Gasteiger partial charge is 0.504 e. The molecular weight excluding hydrogens is 356 g/mol. The molecule has 144 valence electrons. The number of hydrogen-bond donors (Lipinski definition) is 1. The normalized spacial score (nSPS) is 10.9. The van der Waals surface area contributed by atoms with Gasteiger partial charge in [-0.3, -0.25) is 4.79 Å². The van der Waals surface area contributed by atoms with E-state index in [1.54, 1.807) is 12.1 Å². The molecule has 0 spiro atoms. The van der Waals surface area contributed by atoms with Crippen molar-refractivity contribution in [2.24, 2.45) is 0 Å². The van der Waals surface area contributed by atoms with E-state index in [9.17, 15) is 9.90 Å². The lowest BCUT2D eigenvalue weighted by Gasteiger charge is -2.05. The van der Waals surface area contributed by atoms with Crippen LogP contribution in [0.15, 0.2) is 65.1 Å². The van der Waals surface area contributed by atoms with Crippen molar-refractivity contribution in [2.45, 2.75) is 20.0 Å². The smallest absolute Gasteiger partial charge is 0.186 e. The minimum atomic E-state index is -0.219. The third-order valence-electron chi connectivity index (χ3n) is 4.26. The molecule has 0 amide bonds. The zero-order valence-corrected chi connectivity index (χ0v) is 15.8. The zero-order valence-electron chi connectivity index (χ0n) is 15.8. The topological polar surface area (TPSA) is 68.9 Å². The number of ketones is 1. The van der Waals surface area contributed by atoms with Gasteiger partial charge in [-0.15, -0.1) is 0 Å². The quantitative estimate of drug-likeness (QED) is 0.440. The second-order valence-corrected chi connectivity index (χ2v) is 6.17. The molecule has 0 unspecified atom stereocenters. The van der Waals surface area contributed by atoms with E-state index in [1.165, 1.54) is 36.9 Å². The van der Waals surface area contributed by atoms with Gasteiger partial charge in [0.2, 0.25) is 0 Å². The Labute approximate surface area is 163 Å². The third-order valence-corrected chi connectivity index (χ3v) is 4.26. The van der Waals surface area contributed by atoms with Crippen molar-refractivity contribution in [3.05, 3.63) is 83.3 Å². The summed E-state index contributed by atoms with van der Waals surface area (Å²) in [5.74, 6) is 2.02. The highest BCUT2D eigenvalue weighted by Crippen LogP contribution is 2.26. The molecule has 0 bridgehead atoms. The van der Waals surface area contributed by atoms with Crippen molar-refractivity contribution in [2.75, 3.05) is 7.11 Å². The summed E-state index contributed by atoms with van der Waals surface area (Å²) in [6, 6.07) is 16.0. The molecule has 0 saturated carbocycles. The first-order valence-electron chi connectivity index (χ1n) is 8.99. The third kappa shape index (κ3) is 4.82. The van der Waals surface area contributed by atoms with Crippen LogP contribution >= 0.6 is 0 Å². The maximum absolute atomic E-state index is 12.3. The van der Waals surface area contributed by atoms with Crippen molar-refractivity contribution >= 4 is 11.9 Å². The van der Waals surface area contributed by atoms with Gasteiger partial charge in [0.1, 0.15) is 23.9 Å². The molecule has 28 heavy (non-hydrogen) atoms. The second kappa shape index (κ2) is 8.95. The van der Waals surface area contributed by atoms with E-state index in [1.807, 2.05) is 30.3 Å². The number of carbonyl (C=O) groups excluding carboxylic acids is 1. The van der Waals surface area contributed by atoms with Crippen molar-refractivity contribution < 1.29 is 23.8 Å². The van der Waals surface area contributed by atoms with E-state index in [0.717, 1.165) is 12.2 Å². The molecule has 0 aliphatic carbocycles. The van der Waals surface area contributed by atoms with Crippen LogP contribution in [-0.4, -0.2) is 18.0 Å². The molecule has 0 saturated heterocycles. The number of aromatic hydroxyl groups is 1. The average Bonchev–Trinajstić information content (AvgIpc) is 3.19. The summed E-state index contributed by atoms with van der Waals surface area (Å²) in [7, 11) is 1.43. The SMILES string of the molecule is CCc1ccc(OCc2ccc(/C=C/C(=O)c3ccc(O)c(OC)c3)o2)cc1. The van der Waals surface area contributed by atoms with E-state index in [0.29, 0.717) is 23.7 Å². The molecule has 0 fully saturated rings. The highest BCUT2D eigenvalue weighted by Gasteiger charge is 2.08. The standard InChI is InChI=1S/C23H22O5/c1-3-16-4-7-18(8-5-16)27-15-20-10-9-19(28-20)11-13-21(24)17-6-12-22(25)23(14-17)26-2/h4-14,25H,3,15H2,1-2H3/b13-11+. The molecule has 2 aromatic carbocycles. The number of ether oxygens (including phenoxy) is 2. The molecule has 0 radical (unpaired) electrons. The maximum atomic E-state index is 12.3. The van der Waals surface area contributed by atoms with Crippen LogP contribution in [0.5, 0.6) is 17.2 Å². The van der Waals surface area contributed by atoms with Crippen LogP contribution in [0.2, 0.25) is 0 Å². The number of carbonyl (C=O) groups is 1. The Hall–Kier alpha value is -3.47. The predicted octanol–water partition coefficient (Wildman–Crippen LogP) is 5.03. The molecule has 1 N–H and O–H groups in total. The first-order chi connectivity index (χ1) is 13.6. The summed E-state index contributed by atoms with van der Waals surface area (Å²) in [5.41, 5.74) is 1.67. The Kier molecular flexibility index (Phi) is 6.17. The van der Waals surface area contributed by atoms with Gasteiger partial charge in [0.05, 0.1) is 7.11 Å². The fraction of sp³-hybridized carbons (Fsp3) is 0.174.